The van der Waals surface area contributed by atoms with Gasteiger partial charge in [0.25, 0.3) is 0 Å². The molecule has 7 nitrogen and oxygen atoms in total. The Morgan fingerprint density at radius 1 is 1.48 bits per heavy atom. The number of nitrogens with one attached hydrogen (secondary N) is 2. The van der Waals surface area contributed by atoms with Crippen molar-refractivity contribution in [2.45, 2.75) is 24.8 Å². The number of nitrogen functional groups attached to an aromatic ring is 1. The number of aromatic nitrogens is 1. The third-order valence-corrected chi connectivity index (χ3v) is 4.51. The van der Waals surface area contributed by atoms with Crippen LogP contribution in [0, 0.1) is 0 Å². The number of nitrogens with two attached hydrogens (primary N) is 1. The Bertz CT molecular complexity index is 767. The van der Waals surface area contributed by atoms with Crippen LogP contribution in [0.1, 0.15) is 13.8 Å². The van der Waals surface area contributed by atoms with Gasteiger partial charge in [-0.25, -0.2) is 8.42 Å². The predicted octanol–water partition coefficient (Wildman–Crippen LogP) is 0.980. The van der Waals surface area contributed by atoms with Crippen LogP contribution in [0.15, 0.2) is 29.3 Å². The standard InChI is InChI=1S/C13H17N3O4S/c1-3-20-13(17)8(2)16-21(18,19)12-7-15-11-6-9(14)4-5-10(11)12/h4-8,15-16H,3,14H2,1-2H3. The van der Waals surface area contributed by atoms with Crippen molar-refractivity contribution in [3.05, 3.63) is 24.4 Å². The van der Waals surface area contributed by atoms with E-state index in [1.54, 1.807) is 25.1 Å². The maximum atomic E-state index is 12.3. The molecule has 114 valence electrons. The van der Waals surface area contributed by atoms with Gasteiger partial charge in [-0.3, -0.25) is 4.79 Å². The summed E-state index contributed by atoms with van der Waals surface area (Å²) in [6.45, 7) is 3.28. The number of esters is 1. The van der Waals surface area contributed by atoms with Crippen molar-refractivity contribution < 1.29 is 17.9 Å². The molecule has 0 amide bonds. The molecule has 1 atom stereocenters. The van der Waals surface area contributed by atoms with Gasteiger partial charge < -0.3 is 15.5 Å². The number of fused-ring (bicyclic) bond motifs is 1. The van der Waals surface area contributed by atoms with Gasteiger partial charge in [-0.2, -0.15) is 4.72 Å². The van der Waals surface area contributed by atoms with E-state index in [4.69, 9.17) is 10.5 Å². The quantitative estimate of drug-likeness (QED) is 0.562. The third kappa shape index (κ3) is 3.17. The lowest BCUT2D eigenvalue weighted by Crippen LogP contribution is -2.39. The molecule has 0 radical (unpaired) electrons. The lowest BCUT2D eigenvalue weighted by molar-refractivity contribution is -0.144. The Hall–Kier alpha value is -2.06. The molecule has 1 unspecified atom stereocenters. The van der Waals surface area contributed by atoms with Gasteiger partial charge in [0.05, 0.1) is 6.61 Å². The van der Waals surface area contributed by atoms with E-state index in [0.29, 0.717) is 16.6 Å². The zero-order chi connectivity index (χ0) is 15.6. The van der Waals surface area contributed by atoms with E-state index in [1.165, 1.54) is 13.1 Å². The van der Waals surface area contributed by atoms with E-state index in [0.717, 1.165) is 0 Å². The third-order valence-electron chi connectivity index (χ3n) is 2.93. The summed E-state index contributed by atoms with van der Waals surface area (Å²) in [5, 5.41) is 0.507. The van der Waals surface area contributed by atoms with Crippen molar-refractivity contribution in [1.82, 2.24) is 9.71 Å². The van der Waals surface area contributed by atoms with Gasteiger partial charge in [0, 0.05) is 22.8 Å². The maximum absolute atomic E-state index is 12.3. The van der Waals surface area contributed by atoms with E-state index in [2.05, 4.69) is 9.71 Å². The number of carbonyl (C=O) groups excluding carboxylic acids is 1. The highest BCUT2D eigenvalue weighted by molar-refractivity contribution is 7.89. The summed E-state index contributed by atoms with van der Waals surface area (Å²) in [5.74, 6) is -0.620. The minimum absolute atomic E-state index is 0.0636. The number of H-pyrrole nitrogens is 1. The van der Waals surface area contributed by atoms with Crippen LogP contribution in [-0.2, 0) is 19.6 Å². The summed E-state index contributed by atoms with van der Waals surface area (Å²) in [5.41, 5.74) is 6.79. The predicted molar refractivity (Wildman–Crippen MR) is 79.1 cm³/mol. The van der Waals surface area contributed by atoms with Gasteiger partial charge in [0.15, 0.2) is 0 Å². The minimum atomic E-state index is -3.84. The number of hydrogen-bond acceptors (Lipinski definition) is 5. The first-order chi connectivity index (χ1) is 9.85. The molecule has 2 aromatic rings. The molecule has 1 aromatic heterocycles. The first-order valence-corrected chi connectivity index (χ1v) is 7.89. The van der Waals surface area contributed by atoms with Gasteiger partial charge >= 0.3 is 5.97 Å². The number of rotatable bonds is 5. The molecule has 0 aliphatic heterocycles. The average Bonchev–Trinajstić information content (AvgIpc) is 2.82. The molecule has 0 aliphatic carbocycles. The Morgan fingerprint density at radius 2 is 2.19 bits per heavy atom. The van der Waals surface area contributed by atoms with Crippen molar-refractivity contribution in [2.75, 3.05) is 12.3 Å². The highest BCUT2D eigenvalue weighted by atomic mass is 32.2. The largest absolute Gasteiger partial charge is 0.465 e. The van der Waals surface area contributed by atoms with Crippen LogP contribution in [0.25, 0.3) is 10.9 Å². The van der Waals surface area contributed by atoms with Crippen LogP contribution in [-0.4, -0.2) is 32.0 Å². The molecular formula is C13H17N3O4S. The molecule has 21 heavy (non-hydrogen) atoms. The molecule has 4 N–H and O–H groups in total. The zero-order valence-corrected chi connectivity index (χ0v) is 12.5. The second kappa shape index (κ2) is 5.74. The molecule has 0 aliphatic rings. The highest BCUT2D eigenvalue weighted by Gasteiger charge is 2.25. The van der Waals surface area contributed by atoms with Crippen LogP contribution in [0.2, 0.25) is 0 Å². The summed E-state index contributed by atoms with van der Waals surface area (Å²) < 4.78 is 31.8. The molecule has 2 rings (SSSR count). The smallest absolute Gasteiger partial charge is 0.323 e. The topological polar surface area (TPSA) is 114 Å². The second-order valence-corrected chi connectivity index (χ2v) is 6.24. The van der Waals surface area contributed by atoms with Gasteiger partial charge in [-0.1, -0.05) is 0 Å². The SMILES string of the molecule is CCOC(=O)C(C)NS(=O)(=O)c1c[nH]c2cc(N)ccc12. The van der Waals surface area contributed by atoms with Crippen molar-refractivity contribution >= 4 is 32.6 Å². The first kappa shape index (κ1) is 15.3. The molecule has 1 heterocycles. The van der Waals surface area contributed by atoms with Crippen LogP contribution >= 0.6 is 0 Å². The van der Waals surface area contributed by atoms with Crippen LogP contribution in [0.4, 0.5) is 5.69 Å². The summed E-state index contributed by atoms with van der Waals surface area (Å²) in [4.78, 5) is 14.4. The van der Waals surface area contributed by atoms with Crippen molar-refractivity contribution in [3.8, 4) is 0 Å². The van der Waals surface area contributed by atoms with Gasteiger partial charge in [-0.15, -0.1) is 0 Å². The number of hydrogen-bond donors (Lipinski definition) is 3. The first-order valence-electron chi connectivity index (χ1n) is 6.40. The Kier molecular flexibility index (Phi) is 4.19. The minimum Gasteiger partial charge on any atom is -0.465 e. The molecule has 0 bridgehead atoms. The maximum Gasteiger partial charge on any atom is 0.323 e. The van der Waals surface area contributed by atoms with Crippen molar-refractivity contribution in [2.24, 2.45) is 0 Å². The summed E-state index contributed by atoms with van der Waals surface area (Å²) in [6.07, 6.45) is 1.37. The molecule has 0 saturated heterocycles. The number of sulfonamides is 1. The summed E-state index contributed by atoms with van der Waals surface area (Å²) >= 11 is 0. The van der Waals surface area contributed by atoms with E-state index in [1.807, 2.05) is 0 Å². The molecule has 0 spiro atoms. The van der Waals surface area contributed by atoms with Gasteiger partial charge in [-0.05, 0) is 32.0 Å². The summed E-state index contributed by atoms with van der Waals surface area (Å²) in [6, 6.07) is 3.91. The number of ether oxygens (including phenoxy) is 1. The average molecular weight is 311 g/mol. The molecular weight excluding hydrogens is 294 g/mol. The second-order valence-electron chi connectivity index (χ2n) is 4.55. The van der Waals surface area contributed by atoms with Crippen LogP contribution in [0.5, 0.6) is 0 Å². The van der Waals surface area contributed by atoms with Crippen molar-refractivity contribution in [1.29, 1.82) is 0 Å². The van der Waals surface area contributed by atoms with Gasteiger partial charge in [0.2, 0.25) is 10.0 Å². The Balaban J connectivity index is 2.32. The molecule has 0 saturated carbocycles. The molecule has 0 fully saturated rings. The van der Waals surface area contributed by atoms with Crippen LogP contribution in [0.3, 0.4) is 0 Å². The van der Waals surface area contributed by atoms with E-state index in [-0.39, 0.29) is 11.5 Å². The normalized spacial score (nSPS) is 13.2. The van der Waals surface area contributed by atoms with E-state index in [9.17, 15) is 13.2 Å². The molecule has 1 aromatic carbocycles. The lowest BCUT2D eigenvalue weighted by atomic mass is 10.2. The van der Waals surface area contributed by atoms with Crippen molar-refractivity contribution in [3.63, 3.8) is 0 Å². The number of benzene rings is 1. The number of carbonyl (C=O) groups is 1. The number of anilines is 1. The van der Waals surface area contributed by atoms with Crippen LogP contribution < -0.4 is 10.5 Å². The lowest BCUT2D eigenvalue weighted by Gasteiger charge is -2.12. The fourth-order valence-electron chi connectivity index (χ4n) is 1.95. The fourth-order valence-corrected chi connectivity index (χ4v) is 3.32. The fraction of sp³-hybridized carbons (Fsp3) is 0.308. The van der Waals surface area contributed by atoms with E-state index < -0.39 is 22.0 Å². The number of aromatic amines is 1. The monoisotopic (exact) mass is 311 g/mol. The zero-order valence-electron chi connectivity index (χ0n) is 11.7. The highest BCUT2D eigenvalue weighted by Crippen LogP contribution is 2.24. The molecule has 8 heteroatoms. The Morgan fingerprint density at radius 3 is 2.86 bits per heavy atom. The van der Waals surface area contributed by atoms with E-state index >= 15 is 0 Å². The summed E-state index contributed by atoms with van der Waals surface area (Å²) in [7, 11) is -3.84. The Labute approximate surface area is 122 Å². The van der Waals surface area contributed by atoms with Gasteiger partial charge in [0.1, 0.15) is 10.9 Å².